The summed E-state index contributed by atoms with van der Waals surface area (Å²) in [5.41, 5.74) is 12.0. The Labute approximate surface area is 88.1 Å². The van der Waals surface area contributed by atoms with E-state index in [-0.39, 0.29) is 5.91 Å². The van der Waals surface area contributed by atoms with E-state index in [0.29, 0.717) is 12.1 Å². The molecular formula is C9H15N5O. The zero-order valence-electron chi connectivity index (χ0n) is 8.52. The molecule has 0 spiro atoms. The fourth-order valence-electron chi connectivity index (χ4n) is 1.26. The smallest absolute Gasteiger partial charge is 0.217 e. The van der Waals surface area contributed by atoms with E-state index in [1.807, 2.05) is 0 Å². The minimum absolute atomic E-state index is 0.252. The molecule has 1 rings (SSSR count). The van der Waals surface area contributed by atoms with Crippen LogP contribution in [0.4, 0.5) is 5.69 Å². The van der Waals surface area contributed by atoms with Crippen molar-refractivity contribution in [2.24, 2.45) is 5.73 Å². The van der Waals surface area contributed by atoms with Crippen LogP contribution in [0.15, 0.2) is 6.20 Å². The van der Waals surface area contributed by atoms with E-state index >= 15 is 0 Å². The number of hydrogen-bond donors (Lipinski definition) is 2. The summed E-state index contributed by atoms with van der Waals surface area (Å²) >= 11 is 0. The van der Waals surface area contributed by atoms with Crippen molar-refractivity contribution in [3.05, 3.63) is 11.9 Å². The molecule has 4 N–H and O–H groups in total. The Hall–Kier alpha value is -1.72. The van der Waals surface area contributed by atoms with Crippen LogP contribution in [0.25, 0.3) is 0 Å². The molecule has 0 saturated carbocycles. The molecule has 6 heteroatoms. The Kier molecular flexibility index (Phi) is 4.46. The van der Waals surface area contributed by atoms with Gasteiger partial charge in [0.1, 0.15) is 0 Å². The molecule has 15 heavy (non-hydrogen) atoms. The van der Waals surface area contributed by atoms with Crippen molar-refractivity contribution < 1.29 is 4.79 Å². The van der Waals surface area contributed by atoms with Gasteiger partial charge in [0.05, 0.1) is 17.6 Å². The second-order valence-corrected chi connectivity index (χ2v) is 3.36. The van der Waals surface area contributed by atoms with Crippen LogP contribution >= 0.6 is 0 Å². The SMILES string of the molecule is NC(=O)CCCCCc1nnncc1N. The van der Waals surface area contributed by atoms with Gasteiger partial charge < -0.3 is 11.5 Å². The van der Waals surface area contributed by atoms with Crippen molar-refractivity contribution in [1.29, 1.82) is 0 Å². The van der Waals surface area contributed by atoms with Gasteiger partial charge in [0, 0.05) is 6.42 Å². The summed E-state index contributed by atoms with van der Waals surface area (Å²) in [7, 11) is 0. The molecule has 0 saturated heterocycles. The number of nitrogen functional groups attached to an aromatic ring is 1. The number of hydrogen-bond acceptors (Lipinski definition) is 5. The third-order valence-electron chi connectivity index (χ3n) is 2.08. The number of aryl methyl sites for hydroxylation is 1. The van der Waals surface area contributed by atoms with Crippen LogP contribution in [0, 0.1) is 0 Å². The van der Waals surface area contributed by atoms with Crippen molar-refractivity contribution in [3.63, 3.8) is 0 Å². The molecule has 0 radical (unpaired) electrons. The maximum atomic E-state index is 10.5. The van der Waals surface area contributed by atoms with Gasteiger partial charge in [-0.3, -0.25) is 4.79 Å². The summed E-state index contributed by atoms with van der Waals surface area (Å²) in [5.74, 6) is -0.252. The second kappa shape index (κ2) is 5.90. The minimum atomic E-state index is -0.252. The van der Waals surface area contributed by atoms with Crippen molar-refractivity contribution in [2.45, 2.75) is 32.1 Å². The van der Waals surface area contributed by atoms with E-state index in [0.717, 1.165) is 31.4 Å². The maximum Gasteiger partial charge on any atom is 0.217 e. The fraction of sp³-hybridized carbons (Fsp3) is 0.556. The molecule has 0 unspecified atom stereocenters. The molecule has 0 atom stereocenters. The molecule has 0 aromatic carbocycles. The van der Waals surface area contributed by atoms with Gasteiger partial charge in [-0.25, -0.2) is 0 Å². The first kappa shape index (κ1) is 11.4. The number of unbranched alkanes of at least 4 members (excludes halogenated alkanes) is 2. The Balaban J connectivity index is 2.21. The molecule has 1 aromatic heterocycles. The van der Waals surface area contributed by atoms with Gasteiger partial charge in [-0.15, -0.1) is 10.2 Å². The lowest BCUT2D eigenvalue weighted by atomic mass is 10.1. The normalized spacial score (nSPS) is 10.1. The van der Waals surface area contributed by atoms with Crippen molar-refractivity contribution in [2.75, 3.05) is 5.73 Å². The number of nitrogens with two attached hydrogens (primary N) is 2. The molecule has 82 valence electrons. The zero-order chi connectivity index (χ0) is 11.1. The summed E-state index contributed by atoms with van der Waals surface area (Å²) < 4.78 is 0. The highest BCUT2D eigenvalue weighted by Crippen LogP contribution is 2.09. The van der Waals surface area contributed by atoms with E-state index in [4.69, 9.17) is 11.5 Å². The van der Waals surface area contributed by atoms with Crippen LogP contribution < -0.4 is 11.5 Å². The Bertz CT molecular complexity index is 328. The zero-order valence-corrected chi connectivity index (χ0v) is 8.52. The highest BCUT2D eigenvalue weighted by Gasteiger charge is 2.01. The van der Waals surface area contributed by atoms with Crippen LogP contribution in [0.1, 0.15) is 31.4 Å². The Morgan fingerprint density at radius 3 is 2.80 bits per heavy atom. The van der Waals surface area contributed by atoms with Gasteiger partial charge in [-0.05, 0) is 24.5 Å². The average Bonchev–Trinajstić information content (AvgIpc) is 2.20. The van der Waals surface area contributed by atoms with Crippen LogP contribution in [0.2, 0.25) is 0 Å². The van der Waals surface area contributed by atoms with Crippen molar-refractivity contribution in [1.82, 2.24) is 15.4 Å². The lowest BCUT2D eigenvalue weighted by molar-refractivity contribution is -0.118. The van der Waals surface area contributed by atoms with E-state index < -0.39 is 0 Å². The number of nitrogens with zero attached hydrogens (tertiary/aromatic N) is 3. The van der Waals surface area contributed by atoms with E-state index in [1.165, 1.54) is 6.20 Å². The number of aromatic nitrogens is 3. The number of amides is 1. The van der Waals surface area contributed by atoms with Crippen molar-refractivity contribution in [3.8, 4) is 0 Å². The summed E-state index contributed by atoms with van der Waals surface area (Å²) in [6, 6.07) is 0. The molecular weight excluding hydrogens is 194 g/mol. The molecule has 1 aromatic rings. The fourth-order valence-corrected chi connectivity index (χ4v) is 1.26. The maximum absolute atomic E-state index is 10.5. The number of carbonyl (C=O) groups is 1. The summed E-state index contributed by atoms with van der Waals surface area (Å²) in [4.78, 5) is 10.5. The van der Waals surface area contributed by atoms with Crippen LogP contribution in [-0.4, -0.2) is 21.3 Å². The molecule has 0 aliphatic heterocycles. The topological polar surface area (TPSA) is 108 Å². The van der Waals surface area contributed by atoms with Crippen LogP contribution in [0.3, 0.4) is 0 Å². The first-order valence-corrected chi connectivity index (χ1v) is 4.91. The average molecular weight is 209 g/mol. The largest absolute Gasteiger partial charge is 0.396 e. The minimum Gasteiger partial charge on any atom is -0.396 e. The molecule has 0 aliphatic rings. The van der Waals surface area contributed by atoms with E-state index in [1.54, 1.807) is 0 Å². The number of anilines is 1. The van der Waals surface area contributed by atoms with Gasteiger partial charge >= 0.3 is 0 Å². The van der Waals surface area contributed by atoms with Crippen LogP contribution in [-0.2, 0) is 11.2 Å². The van der Waals surface area contributed by atoms with Crippen LogP contribution in [0.5, 0.6) is 0 Å². The second-order valence-electron chi connectivity index (χ2n) is 3.36. The predicted octanol–water partition coefficient (Wildman–Crippen LogP) is 0.0420. The molecule has 0 bridgehead atoms. The predicted molar refractivity (Wildman–Crippen MR) is 55.6 cm³/mol. The quantitative estimate of drug-likeness (QED) is 0.643. The molecule has 1 heterocycles. The third kappa shape index (κ3) is 4.35. The van der Waals surface area contributed by atoms with E-state index in [2.05, 4.69) is 15.4 Å². The summed E-state index contributed by atoms with van der Waals surface area (Å²) in [5, 5.41) is 10.9. The lowest BCUT2D eigenvalue weighted by Gasteiger charge is -2.01. The molecule has 0 fully saturated rings. The Morgan fingerprint density at radius 2 is 2.13 bits per heavy atom. The van der Waals surface area contributed by atoms with Gasteiger partial charge in [0.2, 0.25) is 5.91 Å². The first-order valence-electron chi connectivity index (χ1n) is 4.91. The number of primary amides is 1. The van der Waals surface area contributed by atoms with Gasteiger partial charge in [0.25, 0.3) is 0 Å². The number of carbonyl (C=O) groups excluding carboxylic acids is 1. The lowest BCUT2D eigenvalue weighted by Crippen LogP contribution is -2.09. The van der Waals surface area contributed by atoms with Gasteiger partial charge in [-0.2, -0.15) is 0 Å². The van der Waals surface area contributed by atoms with Gasteiger partial charge in [-0.1, -0.05) is 6.42 Å². The number of rotatable bonds is 6. The molecule has 0 aliphatic carbocycles. The summed E-state index contributed by atoms with van der Waals surface area (Å²) in [6.45, 7) is 0. The van der Waals surface area contributed by atoms with Gasteiger partial charge in [0.15, 0.2) is 0 Å². The monoisotopic (exact) mass is 209 g/mol. The third-order valence-corrected chi connectivity index (χ3v) is 2.08. The Morgan fingerprint density at radius 1 is 1.33 bits per heavy atom. The highest BCUT2D eigenvalue weighted by atomic mass is 16.1. The standard InChI is InChI=1S/C9H15N5O/c10-7-6-12-14-13-8(7)4-2-1-3-5-9(11)15/h6H,1-5H2,(H2,10,14)(H2,11,15). The van der Waals surface area contributed by atoms with E-state index in [9.17, 15) is 4.79 Å². The summed E-state index contributed by atoms with van der Waals surface area (Å²) in [6.07, 6.45) is 5.37. The molecule has 1 amide bonds. The first-order chi connectivity index (χ1) is 7.20. The molecule has 6 nitrogen and oxygen atoms in total. The highest BCUT2D eigenvalue weighted by molar-refractivity contribution is 5.73. The van der Waals surface area contributed by atoms with Crippen molar-refractivity contribution >= 4 is 11.6 Å².